The van der Waals surface area contributed by atoms with Crippen LogP contribution in [0.2, 0.25) is 5.02 Å². The maximum Gasteiger partial charge on any atom is 0.406 e. The fourth-order valence-corrected chi connectivity index (χ4v) is 6.77. The number of fused-ring (bicyclic) bond motifs is 3. The third-order valence-corrected chi connectivity index (χ3v) is 8.87. The van der Waals surface area contributed by atoms with Crippen molar-refractivity contribution in [1.29, 1.82) is 0 Å². The molecule has 0 unspecified atom stereocenters. The molecule has 0 radical (unpaired) electrons. The average Bonchev–Trinajstić information content (AvgIpc) is 3.54. The average molecular weight is 533 g/mol. The van der Waals surface area contributed by atoms with Crippen molar-refractivity contribution in [3.05, 3.63) is 64.1 Å². The molecule has 2 aliphatic heterocycles. The lowest BCUT2D eigenvalue weighted by Crippen LogP contribution is -2.62. The van der Waals surface area contributed by atoms with E-state index >= 15 is 0 Å². The first kappa shape index (κ1) is 23.4. The molecule has 4 aliphatic rings. The summed E-state index contributed by atoms with van der Waals surface area (Å²) in [5.41, 5.74) is 0.572. The molecule has 1 saturated heterocycles. The standard InChI is InChI=1S/C26H25ClF4N6/c1-15-2-4-19(28)23(32-15)35-13-24(14-35)9-17(10-24)22-34-33-21-12-36(25(6-7-25)26(29,30)31)11-16-8-18(27)3-5-20(16)37(21)22/h2-5,8,17H,6-7,9-14H2,1H3. The van der Waals surface area contributed by atoms with Crippen LogP contribution in [0, 0.1) is 18.2 Å². The van der Waals surface area contributed by atoms with Gasteiger partial charge >= 0.3 is 6.18 Å². The van der Waals surface area contributed by atoms with Gasteiger partial charge in [0.2, 0.25) is 0 Å². The molecule has 3 aromatic rings. The second-order valence-corrected chi connectivity index (χ2v) is 11.6. The molecule has 4 heterocycles. The first-order valence-electron chi connectivity index (χ1n) is 12.5. The first-order chi connectivity index (χ1) is 17.6. The van der Waals surface area contributed by atoms with Crippen molar-refractivity contribution >= 4 is 17.4 Å². The van der Waals surface area contributed by atoms with E-state index in [1.807, 2.05) is 22.5 Å². The summed E-state index contributed by atoms with van der Waals surface area (Å²) in [6.07, 6.45) is -2.40. The Morgan fingerprint density at radius 2 is 1.78 bits per heavy atom. The lowest BCUT2D eigenvalue weighted by atomic mass is 9.57. The molecule has 7 rings (SSSR count). The smallest absolute Gasteiger partial charge is 0.353 e. The van der Waals surface area contributed by atoms with Crippen molar-refractivity contribution in [2.75, 3.05) is 18.0 Å². The Hall–Kier alpha value is -2.72. The molecule has 3 fully saturated rings. The molecule has 37 heavy (non-hydrogen) atoms. The van der Waals surface area contributed by atoms with E-state index in [1.165, 1.54) is 11.0 Å². The largest absolute Gasteiger partial charge is 0.406 e. The highest BCUT2D eigenvalue weighted by molar-refractivity contribution is 6.30. The van der Waals surface area contributed by atoms with Crippen LogP contribution in [0.25, 0.3) is 5.69 Å². The van der Waals surface area contributed by atoms with Gasteiger partial charge < -0.3 is 4.90 Å². The van der Waals surface area contributed by atoms with Crippen LogP contribution in [0.3, 0.4) is 0 Å². The van der Waals surface area contributed by atoms with Crippen molar-refractivity contribution in [3.8, 4) is 5.69 Å². The van der Waals surface area contributed by atoms with Gasteiger partial charge in [-0.25, -0.2) is 9.37 Å². The molecule has 194 valence electrons. The molecule has 2 saturated carbocycles. The molecule has 11 heteroatoms. The summed E-state index contributed by atoms with van der Waals surface area (Å²) in [5, 5.41) is 9.37. The van der Waals surface area contributed by atoms with Crippen LogP contribution in [0.5, 0.6) is 0 Å². The van der Waals surface area contributed by atoms with Crippen LogP contribution in [0.4, 0.5) is 23.4 Å². The van der Waals surface area contributed by atoms with Gasteiger partial charge in [-0.15, -0.1) is 10.2 Å². The van der Waals surface area contributed by atoms with Crippen LogP contribution < -0.4 is 4.90 Å². The summed E-state index contributed by atoms with van der Waals surface area (Å²) in [4.78, 5) is 7.84. The summed E-state index contributed by atoms with van der Waals surface area (Å²) in [6.45, 7) is 3.53. The number of halogens is 5. The number of aromatic nitrogens is 4. The maximum absolute atomic E-state index is 14.3. The van der Waals surface area contributed by atoms with E-state index in [0.29, 0.717) is 16.7 Å². The zero-order chi connectivity index (χ0) is 25.7. The van der Waals surface area contributed by atoms with E-state index in [2.05, 4.69) is 15.2 Å². The third kappa shape index (κ3) is 3.51. The quantitative estimate of drug-likeness (QED) is 0.414. The summed E-state index contributed by atoms with van der Waals surface area (Å²) >= 11 is 6.27. The van der Waals surface area contributed by atoms with E-state index in [9.17, 15) is 17.6 Å². The summed E-state index contributed by atoms with van der Waals surface area (Å²) in [5.74, 6) is 1.52. The fourth-order valence-electron chi connectivity index (χ4n) is 6.58. The Morgan fingerprint density at radius 1 is 1.03 bits per heavy atom. The predicted octanol–water partition coefficient (Wildman–Crippen LogP) is 5.56. The summed E-state index contributed by atoms with van der Waals surface area (Å²) < 4.78 is 58.3. The zero-order valence-corrected chi connectivity index (χ0v) is 20.9. The Labute approximate surface area is 216 Å². The number of hydrogen-bond acceptors (Lipinski definition) is 5. The van der Waals surface area contributed by atoms with Crippen LogP contribution in [0.15, 0.2) is 30.3 Å². The van der Waals surface area contributed by atoms with Crippen molar-refractivity contribution < 1.29 is 17.6 Å². The van der Waals surface area contributed by atoms with Crippen molar-refractivity contribution in [3.63, 3.8) is 0 Å². The molecule has 0 bridgehead atoms. The molecule has 2 aromatic heterocycles. The van der Waals surface area contributed by atoms with Gasteiger partial charge in [-0.1, -0.05) is 11.6 Å². The van der Waals surface area contributed by atoms with Gasteiger partial charge in [0.15, 0.2) is 17.5 Å². The number of rotatable bonds is 3. The number of anilines is 1. The van der Waals surface area contributed by atoms with Crippen LogP contribution in [0.1, 0.15) is 54.5 Å². The van der Waals surface area contributed by atoms with Crippen LogP contribution >= 0.6 is 11.6 Å². The summed E-state index contributed by atoms with van der Waals surface area (Å²) in [6, 6.07) is 8.49. The second kappa shape index (κ2) is 7.66. The van der Waals surface area contributed by atoms with E-state index in [1.54, 1.807) is 18.2 Å². The van der Waals surface area contributed by atoms with Crippen molar-refractivity contribution in [2.24, 2.45) is 5.41 Å². The Kier molecular flexibility index (Phi) is 4.85. The monoisotopic (exact) mass is 532 g/mol. The lowest BCUT2D eigenvalue weighted by molar-refractivity contribution is -0.200. The minimum Gasteiger partial charge on any atom is -0.353 e. The molecular formula is C26H25ClF4N6. The molecular weight excluding hydrogens is 508 g/mol. The zero-order valence-electron chi connectivity index (χ0n) is 20.2. The minimum absolute atomic E-state index is 0.0722. The van der Waals surface area contributed by atoms with Crippen molar-refractivity contribution in [1.82, 2.24) is 24.6 Å². The molecule has 0 atom stereocenters. The Balaban J connectivity index is 1.16. The van der Waals surface area contributed by atoms with Gasteiger partial charge in [-0.3, -0.25) is 9.47 Å². The predicted molar refractivity (Wildman–Crippen MR) is 129 cm³/mol. The number of aryl methyl sites for hydroxylation is 1. The first-order valence-corrected chi connectivity index (χ1v) is 12.9. The highest BCUT2D eigenvalue weighted by atomic mass is 35.5. The van der Waals surface area contributed by atoms with Gasteiger partial charge in [0.05, 0.1) is 12.2 Å². The number of hydrogen-bond donors (Lipinski definition) is 0. The molecule has 6 nitrogen and oxygen atoms in total. The van der Waals surface area contributed by atoms with E-state index in [-0.39, 0.29) is 43.1 Å². The Morgan fingerprint density at radius 3 is 2.49 bits per heavy atom. The normalized spacial score (nSPS) is 22.2. The van der Waals surface area contributed by atoms with Crippen LogP contribution in [-0.4, -0.2) is 49.5 Å². The lowest BCUT2D eigenvalue weighted by Gasteiger charge is -2.59. The van der Waals surface area contributed by atoms with E-state index < -0.39 is 11.7 Å². The molecule has 0 N–H and O–H groups in total. The van der Waals surface area contributed by atoms with Gasteiger partial charge in [0.25, 0.3) is 0 Å². The fraction of sp³-hybridized carbons (Fsp3) is 0.500. The number of nitrogens with zero attached hydrogens (tertiary/aromatic N) is 6. The molecule has 1 spiro atoms. The van der Waals surface area contributed by atoms with Crippen molar-refractivity contribution in [2.45, 2.75) is 63.3 Å². The maximum atomic E-state index is 14.3. The number of alkyl halides is 3. The number of pyridine rings is 1. The second-order valence-electron chi connectivity index (χ2n) is 11.2. The summed E-state index contributed by atoms with van der Waals surface area (Å²) in [7, 11) is 0. The van der Waals surface area contributed by atoms with Gasteiger partial charge in [0.1, 0.15) is 11.4 Å². The van der Waals surface area contributed by atoms with Gasteiger partial charge in [0, 0.05) is 41.7 Å². The number of benzene rings is 1. The van der Waals surface area contributed by atoms with Gasteiger partial charge in [-0.05, 0) is 68.5 Å². The third-order valence-electron chi connectivity index (χ3n) is 8.63. The highest BCUT2D eigenvalue weighted by Crippen LogP contribution is 2.58. The Bertz CT molecular complexity index is 1400. The van der Waals surface area contributed by atoms with Crippen LogP contribution in [-0.2, 0) is 13.1 Å². The van der Waals surface area contributed by atoms with E-state index in [4.69, 9.17) is 11.6 Å². The molecule has 1 aromatic carbocycles. The SMILES string of the molecule is Cc1ccc(F)c(N2CC3(CC(c4nnc5n4-c4ccc(Cl)cc4CN(C4(C(F)(F)F)CC4)C5)C3)C2)n1. The molecule has 0 amide bonds. The molecule has 2 aliphatic carbocycles. The topological polar surface area (TPSA) is 50.1 Å². The minimum atomic E-state index is -4.31. The van der Waals surface area contributed by atoms with E-state index in [0.717, 1.165) is 48.7 Å². The highest BCUT2D eigenvalue weighted by Gasteiger charge is 2.67. The van der Waals surface area contributed by atoms with Gasteiger partial charge in [-0.2, -0.15) is 13.2 Å².